The SMILES string of the molecule is Cc1ccc(S(=O)(=O)OCC2(O)CC(CO)(NC(=O)OC(C)(C)C)C2)cc1. The zero-order valence-electron chi connectivity index (χ0n) is 16.0. The van der Waals surface area contributed by atoms with Gasteiger partial charge in [0.05, 0.1) is 29.2 Å². The average molecular weight is 401 g/mol. The van der Waals surface area contributed by atoms with E-state index >= 15 is 0 Å². The van der Waals surface area contributed by atoms with Gasteiger partial charge in [-0.05, 0) is 39.8 Å². The van der Waals surface area contributed by atoms with Crippen LogP contribution in [0.5, 0.6) is 0 Å². The Morgan fingerprint density at radius 3 is 2.26 bits per heavy atom. The molecule has 8 nitrogen and oxygen atoms in total. The molecule has 1 aliphatic carbocycles. The van der Waals surface area contributed by atoms with Crippen molar-refractivity contribution in [2.45, 2.75) is 62.2 Å². The molecule has 0 aliphatic heterocycles. The van der Waals surface area contributed by atoms with Crippen LogP contribution in [-0.2, 0) is 19.0 Å². The molecule has 152 valence electrons. The molecule has 0 atom stereocenters. The minimum atomic E-state index is -4.01. The number of aliphatic hydroxyl groups is 2. The minimum Gasteiger partial charge on any atom is -0.444 e. The highest BCUT2D eigenvalue weighted by Gasteiger charge is 2.55. The van der Waals surface area contributed by atoms with Crippen LogP contribution in [0.2, 0.25) is 0 Å². The summed E-state index contributed by atoms with van der Waals surface area (Å²) in [6, 6.07) is 6.15. The molecular formula is C18H27NO7S. The van der Waals surface area contributed by atoms with E-state index in [1.54, 1.807) is 32.9 Å². The van der Waals surface area contributed by atoms with E-state index in [0.717, 1.165) is 5.56 Å². The maximum absolute atomic E-state index is 12.2. The molecule has 1 saturated carbocycles. The first-order valence-corrected chi connectivity index (χ1v) is 10.00. The van der Waals surface area contributed by atoms with Gasteiger partial charge in [-0.1, -0.05) is 17.7 Å². The third kappa shape index (κ3) is 5.65. The number of alkyl carbamates (subject to hydrolysis) is 1. The molecule has 1 aromatic rings. The Hall–Kier alpha value is -1.68. The topological polar surface area (TPSA) is 122 Å². The Morgan fingerprint density at radius 2 is 1.78 bits per heavy atom. The van der Waals surface area contributed by atoms with Gasteiger partial charge in [-0.3, -0.25) is 4.18 Å². The number of ether oxygens (including phenoxy) is 1. The summed E-state index contributed by atoms with van der Waals surface area (Å²) in [4.78, 5) is 11.9. The summed E-state index contributed by atoms with van der Waals surface area (Å²) in [5.41, 5.74) is -2.34. The van der Waals surface area contributed by atoms with Crippen LogP contribution in [0.25, 0.3) is 0 Å². The lowest BCUT2D eigenvalue weighted by Crippen LogP contribution is -2.69. The van der Waals surface area contributed by atoms with Crippen LogP contribution in [0.4, 0.5) is 4.79 Å². The van der Waals surface area contributed by atoms with E-state index in [-0.39, 0.29) is 17.7 Å². The number of carbonyl (C=O) groups excluding carboxylic acids is 1. The molecule has 0 radical (unpaired) electrons. The van der Waals surface area contributed by atoms with E-state index in [1.165, 1.54) is 12.1 Å². The molecular weight excluding hydrogens is 374 g/mol. The highest BCUT2D eigenvalue weighted by atomic mass is 32.2. The van der Waals surface area contributed by atoms with Crippen molar-refractivity contribution in [2.75, 3.05) is 13.2 Å². The van der Waals surface area contributed by atoms with Gasteiger partial charge in [-0.15, -0.1) is 0 Å². The van der Waals surface area contributed by atoms with Crippen molar-refractivity contribution >= 4 is 16.2 Å². The summed E-state index contributed by atoms with van der Waals surface area (Å²) in [5.74, 6) is 0. The largest absolute Gasteiger partial charge is 0.444 e. The van der Waals surface area contributed by atoms with Crippen LogP contribution in [-0.4, -0.2) is 54.7 Å². The van der Waals surface area contributed by atoms with Crippen molar-refractivity contribution in [1.29, 1.82) is 0 Å². The lowest BCUT2D eigenvalue weighted by molar-refractivity contribution is -0.133. The highest BCUT2D eigenvalue weighted by Crippen LogP contribution is 2.42. The predicted molar refractivity (Wildman–Crippen MR) is 97.7 cm³/mol. The van der Waals surface area contributed by atoms with Crippen molar-refractivity contribution in [1.82, 2.24) is 5.32 Å². The third-order valence-electron chi connectivity index (χ3n) is 4.20. The van der Waals surface area contributed by atoms with Crippen LogP contribution < -0.4 is 5.32 Å². The molecule has 3 N–H and O–H groups in total. The molecule has 0 bridgehead atoms. The predicted octanol–water partition coefficient (Wildman–Crippen LogP) is 1.48. The fraction of sp³-hybridized carbons (Fsp3) is 0.611. The molecule has 1 aliphatic rings. The van der Waals surface area contributed by atoms with Crippen molar-refractivity contribution in [3.63, 3.8) is 0 Å². The Balaban J connectivity index is 1.95. The number of benzene rings is 1. The first-order valence-electron chi connectivity index (χ1n) is 8.59. The fourth-order valence-electron chi connectivity index (χ4n) is 3.03. The third-order valence-corrected chi connectivity index (χ3v) is 5.47. The normalized spacial score (nSPS) is 25.6. The van der Waals surface area contributed by atoms with Crippen LogP contribution >= 0.6 is 0 Å². The molecule has 0 heterocycles. The van der Waals surface area contributed by atoms with Crippen LogP contribution in [0.15, 0.2) is 29.2 Å². The molecule has 27 heavy (non-hydrogen) atoms. The van der Waals surface area contributed by atoms with Crippen molar-refractivity contribution in [3.8, 4) is 0 Å². The van der Waals surface area contributed by atoms with Crippen LogP contribution in [0.1, 0.15) is 39.2 Å². The second-order valence-electron chi connectivity index (χ2n) is 8.17. The van der Waals surface area contributed by atoms with Gasteiger partial charge in [-0.25, -0.2) is 4.79 Å². The van der Waals surface area contributed by atoms with Gasteiger partial charge in [0.2, 0.25) is 0 Å². The summed E-state index contributed by atoms with van der Waals surface area (Å²) in [5, 5.41) is 22.6. The van der Waals surface area contributed by atoms with E-state index in [9.17, 15) is 23.4 Å². The van der Waals surface area contributed by atoms with Crippen molar-refractivity contribution < 1.29 is 32.3 Å². The number of carbonyl (C=O) groups is 1. The van der Waals surface area contributed by atoms with E-state index in [4.69, 9.17) is 8.92 Å². The van der Waals surface area contributed by atoms with Gasteiger partial charge in [0.1, 0.15) is 5.60 Å². The smallest absolute Gasteiger partial charge is 0.408 e. The number of hydrogen-bond donors (Lipinski definition) is 3. The molecule has 1 fully saturated rings. The first-order chi connectivity index (χ1) is 12.3. The summed E-state index contributed by atoms with van der Waals surface area (Å²) < 4.78 is 34.6. The first kappa shape index (κ1) is 21.6. The van der Waals surface area contributed by atoms with Crippen LogP contribution in [0, 0.1) is 6.92 Å². The molecule has 1 aromatic carbocycles. The van der Waals surface area contributed by atoms with Crippen molar-refractivity contribution in [2.24, 2.45) is 0 Å². The molecule has 9 heteroatoms. The maximum atomic E-state index is 12.2. The number of aliphatic hydroxyl groups excluding tert-OH is 1. The Kier molecular flexibility index (Phi) is 5.91. The second-order valence-corrected chi connectivity index (χ2v) is 9.79. The zero-order chi connectivity index (χ0) is 20.5. The standard InChI is InChI=1S/C18H27NO7S/c1-13-5-7-14(8-6-13)27(23,24)25-12-18(22)9-17(10-18,11-20)19-15(21)26-16(2,3)4/h5-8,20,22H,9-12H2,1-4H3,(H,19,21). The molecule has 2 rings (SSSR count). The van der Waals surface area contributed by atoms with Gasteiger partial charge in [0, 0.05) is 12.8 Å². The van der Waals surface area contributed by atoms with Crippen molar-refractivity contribution in [3.05, 3.63) is 29.8 Å². The van der Waals surface area contributed by atoms with E-state index in [2.05, 4.69) is 5.32 Å². The van der Waals surface area contributed by atoms with Gasteiger partial charge < -0.3 is 20.3 Å². The monoisotopic (exact) mass is 401 g/mol. The summed E-state index contributed by atoms with van der Waals surface area (Å²) in [6.45, 7) is 6.07. The van der Waals surface area contributed by atoms with Gasteiger partial charge >= 0.3 is 6.09 Å². The Labute approximate surface area is 159 Å². The highest BCUT2D eigenvalue weighted by molar-refractivity contribution is 7.86. The lowest BCUT2D eigenvalue weighted by Gasteiger charge is -2.52. The quantitative estimate of drug-likeness (QED) is 0.617. The number of nitrogens with one attached hydrogen (secondary N) is 1. The Morgan fingerprint density at radius 1 is 1.22 bits per heavy atom. The fourth-order valence-corrected chi connectivity index (χ4v) is 4.01. The zero-order valence-corrected chi connectivity index (χ0v) is 16.8. The summed E-state index contributed by atoms with van der Waals surface area (Å²) >= 11 is 0. The van der Waals surface area contributed by atoms with E-state index < -0.39 is 46.2 Å². The molecule has 1 amide bonds. The number of rotatable bonds is 6. The molecule has 0 unspecified atom stereocenters. The molecule has 0 saturated heterocycles. The molecule has 0 aromatic heterocycles. The van der Waals surface area contributed by atoms with Crippen LogP contribution in [0.3, 0.4) is 0 Å². The number of aryl methyl sites for hydroxylation is 1. The summed E-state index contributed by atoms with van der Waals surface area (Å²) in [7, 11) is -4.01. The van der Waals surface area contributed by atoms with E-state index in [1.807, 2.05) is 6.92 Å². The lowest BCUT2D eigenvalue weighted by atomic mass is 9.65. The Bertz CT molecular complexity index is 775. The average Bonchev–Trinajstić information content (AvgIpc) is 2.50. The molecule has 0 spiro atoms. The maximum Gasteiger partial charge on any atom is 0.408 e. The van der Waals surface area contributed by atoms with Gasteiger partial charge in [0.25, 0.3) is 10.1 Å². The summed E-state index contributed by atoms with van der Waals surface area (Å²) in [6.07, 6.45) is -0.829. The number of hydrogen-bond acceptors (Lipinski definition) is 7. The van der Waals surface area contributed by atoms with Gasteiger partial charge in [0.15, 0.2) is 0 Å². The van der Waals surface area contributed by atoms with Gasteiger partial charge in [-0.2, -0.15) is 8.42 Å². The minimum absolute atomic E-state index is 0.00340. The number of amides is 1. The van der Waals surface area contributed by atoms with E-state index in [0.29, 0.717) is 0 Å². The second kappa shape index (κ2) is 7.38.